The fourth-order valence-electron chi connectivity index (χ4n) is 10.1. The van der Waals surface area contributed by atoms with Crippen LogP contribution in [-0.2, 0) is 23.8 Å². The molecule has 1 amide bonds. The van der Waals surface area contributed by atoms with Gasteiger partial charge in [0.1, 0.15) is 29.6 Å². The van der Waals surface area contributed by atoms with Gasteiger partial charge in [0.2, 0.25) is 18.0 Å². The van der Waals surface area contributed by atoms with Crippen molar-refractivity contribution in [2.24, 2.45) is 22.9 Å². The molecule has 16 nitrogen and oxygen atoms in total. The second kappa shape index (κ2) is 24.5. The number of nitrogens with zero attached hydrogens (tertiary/aromatic N) is 3. The van der Waals surface area contributed by atoms with E-state index in [1.165, 1.54) is 18.2 Å². The lowest BCUT2D eigenvalue weighted by atomic mass is 9.55. The van der Waals surface area contributed by atoms with Gasteiger partial charge in [-0.1, -0.05) is 42.3 Å². The van der Waals surface area contributed by atoms with Crippen LogP contribution in [0, 0.1) is 27.9 Å². The lowest BCUT2D eigenvalue weighted by molar-refractivity contribution is -0.384. The summed E-state index contributed by atoms with van der Waals surface area (Å²) in [5.41, 5.74) is 3.25. The van der Waals surface area contributed by atoms with Crippen molar-refractivity contribution in [1.82, 2.24) is 4.90 Å². The Hall–Kier alpha value is -5.75. The maximum Gasteiger partial charge on any atom is 0.269 e. The molecular formula is C52H63N3O13. The number of hydrogen-bond donors (Lipinski definition) is 3. The van der Waals surface area contributed by atoms with Gasteiger partial charge in [0.25, 0.3) is 5.69 Å². The molecule has 3 aromatic carbocycles. The Morgan fingerprint density at radius 2 is 1.75 bits per heavy atom. The Kier molecular flexibility index (Phi) is 18.1. The van der Waals surface area contributed by atoms with Crippen molar-refractivity contribution in [2.75, 3.05) is 52.8 Å². The molecule has 2 heterocycles. The molecule has 68 heavy (non-hydrogen) atoms. The van der Waals surface area contributed by atoms with Gasteiger partial charge in [-0.3, -0.25) is 19.7 Å². The zero-order valence-electron chi connectivity index (χ0n) is 38.4. The van der Waals surface area contributed by atoms with Gasteiger partial charge in [-0.2, -0.15) is 0 Å². The van der Waals surface area contributed by atoms with Gasteiger partial charge in [0.15, 0.2) is 0 Å². The van der Waals surface area contributed by atoms with Crippen molar-refractivity contribution in [1.29, 1.82) is 0 Å². The van der Waals surface area contributed by atoms with Gasteiger partial charge in [0.05, 0.1) is 49.6 Å². The van der Waals surface area contributed by atoms with E-state index in [0.717, 1.165) is 55.9 Å². The Bertz CT molecular complexity index is 2280. The summed E-state index contributed by atoms with van der Waals surface area (Å²) >= 11 is 0. The predicted octanol–water partition coefficient (Wildman–Crippen LogP) is 7.91. The number of ether oxygens (including phenoxy) is 5. The average Bonchev–Trinajstić information content (AvgIpc) is 3.36. The molecule has 0 radical (unpaired) electrons. The first kappa shape index (κ1) is 50.1. The van der Waals surface area contributed by atoms with E-state index in [9.17, 15) is 35.0 Å². The molecule has 4 aliphatic rings. The van der Waals surface area contributed by atoms with Gasteiger partial charge in [-0.25, -0.2) is 0 Å². The predicted molar refractivity (Wildman–Crippen MR) is 253 cm³/mol. The monoisotopic (exact) mass is 937 g/mol. The zero-order chi connectivity index (χ0) is 47.9. The molecule has 2 aliphatic carbocycles. The number of allylic oxidation sites excluding steroid dienone is 1. The van der Waals surface area contributed by atoms with E-state index < -0.39 is 34.9 Å². The van der Waals surface area contributed by atoms with Gasteiger partial charge < -0.3 is 48.7 Å². The molecule has 1 saturated heterocycles. The van der Waals surface area contributed by atoms with E-state index >= 15 is 0 Å². The number of aliphatic hydroxyl groups is 3. The number of rotatable bonds is 25. The topological polar surface area (TPSA) is 209 Å². The molecule has 16 heteroatoms. The van der Waals surface area contributed by atoms with E-state index in [4.69, 9.17) is 33.7 Å². The molecule has 0 aromatic heterocycles. The summed E-state index contributed by atoms with van der Waals surface area (Å²) in [6, 6.07) is 17.5. The first-order valence-corrected chi connectivity index (χ1v) is 23.7. The summed E-state index contributed by atoms with van der Waals surface area (Å²) in [6.07, 6.45) is 13.9. The molecule has 7 atom stereocenters. The fourth-order valence-corrected chi connectivity index (χ4v) is 10.1. The third-order valence-electron chi connectivity index (χ3n) is 13.2. The number of fused-ring (bicyclic) bond motifs is 2. The lowest BCUT2D eigenvalue weighted by Gasteiger charge is -2.60. The summed E-state index contributed by atoms with van der Waals surface area (Å²) in [5.74, 6) is -1.50. The van der Waals surface area contributed by atoms with Crippen LogP contribution in [0.2, 0.25) is 0 Å². The van der Waals surface area contributed by atoms with Crippen LogP contribution >= 0.6 is 0 Å². The summed E-state index contributed by atoms with van der Waals surface area (Å²) in [5, 5.41) is 45.9. The van der Waals surface area contributed by atoms with Crippen molar-refractivity contribution in [3.8, 4) is 17.2 Å². The highest BCUT2D eigenvalue weighted by Crippen LogP contribution is 2.62. The van der Waals surface area contributed by atoms with Gasteiger partial charge in [-0.15, -0.1) is 6.58 Å². The SMILES string of the molecule is C=CCOC12Oc3ccc(Oc4cccc(C=O)c4)cc3C3C(CCCCO)C(CCCCO)C=C(C(=NOC4CCCCO4)CC1N(CCOCCO)C(=O)C=Cc1ccc([N+](=O)[O-])cc1)C32. The summed E-state index contributed by atoms with van der Waals surface area (Å²) in [7, 11) is 0. The lowest BCUT2D eigenvalue weighted by Crippen LogP contribution is -2.70. The maximum atomic E-state index is 15.0. The zero-order valence-corrected chi connectivity index (χ0v) is 38.4. The first-order chi connectivity index (χ1) is 33.2. The number of benzene rings is 3. The van der Waals surface area contributed by atoms with Gasteiger partial charge in [-0.05, 0) is 110 Å². The Morgan fingerprint density at radius 1 is 0.956 bits per heavy atom. The number of unbranched alkanes of at least 4 members (excludes halogenated alkanes) is 2. The van der Waals surface area contributed by atoms with Crippen LogP contribution in [-0.4, -0.2) is 114 Å². The third kappa shape index (κ3) is 11.9. The maximum absolute atomic E-state index is 15.0. The van der Waals surface area contributed by atoms with Gasteiger partial charge in [0, 0.05) is 67.9 Å². The number of amides is 1. The van der Waals surface area contributed by atoms with Crippen molar-refractivity contribution >= 4 is 29.7 Å². The number of aliphatic hydroxyl groups excluding tert-OH is 3. The highest BCUT2D eigenvalue weighted by atomic mass is 16.8. The van der Waals surface area contributed by atoms with Crippen LogP contribution in [0.5, 0.6) is 17.2 Å². The van der Waals surface area contributed by atoms with Crippen LogP contribution in [0.4, 0.5) is 5.69 Å². The third-order valence-corrected chi connectivity index (χ3v) is 13.2. The molecule has 3 N–H and O–H groups in total. The number of nitro groups is 1. The minimum absolute atomic E-state index is 0.0182. The Morgan fingerprint density at radius 3 is 2.47 bits per heavy atom. The Labute approximate surface area is 397 Å². The van der Waals surface area contributed by atoms with Crippen LogP contribution in [0.3, 0.4) is 0 Å². The number of nitro benzene ring substituents is 1. The number of non-ortho nitro benzene ring substituents is 1. The number of oxime groups is 1. The molecule has 3 aromatic rings. The fraction of sp³-hybridized carbons (Fsp3) is 0.481. The largest absolute Gasteiger partial charge is 0.459 e. The first-order valence-electron chi connectivity index (χ1n) is 23.7. The molecule has 1 saturated carbocycles. The molecule has 7 unspecified atom stereocenters. The van der Waals surface area contributed by atoms with E-state index in [2.05, 4.69) is 12.7 Å². The molecule has 364 valence electrons. The normalized spacial score (nSPS) is 24.6. The second-order valence-electron chi connectivity index (χ2n) is 17.5. The molecule has 0 spiro atoms. The van der Waals surface area contributed by atoms with Crippen LogP contribution < -0.4 is 9.47 Å². The molecule has 7 rings (SSSR count). The van der Waals surface area contributed by atoms with Crippen molar-refractivity contribution in [2.45, 2.75) is 88.2 Å². The minimum atomic E-state index is -1.57. The quantitative estimate of drug-likeness (QED) is 0.0185. The smallest absolute Gasteiger partial charge is 0.269 e. The number of carbonyl (C=O) groups excluding carboxylic acids is 2. The number of carbonyl (C=O) groups is 2. The van der Waals surface area contributed by atoms with Crippen molar-refractivity contribution < 1.29 is 58.4 Å². The second-order valence-corrected chi connectivity index (χ2v) is 17.5. The van der Waals surface area contributed by atoms with E-state index in [1.807, 2.05) is 12.1 Å². The minimum Gasteiger partial charge on any atom is -0.459 e. The van der Waals surface area contributed by atoms with Crippen molar-refractivity contribution in [3.05, 3.63) is 124 Å². The van der Waals surface area contributed by atoms with Crippen LogP contribution in [0.15, 0.2) is 102 Å². The average molecular weight is 938 g/mol. The van der Waals surface area contributed by atoms with E-state index in [0.29, 0.717) is 60.0 Å². The van der Waals surface area contributed by atoms with Gasteiger partial charge >= 0.3 is 0 Å². The molecule has 0 bridgehead atoms. The van der Waals surface area contributed by atoms with Crippen molar-refractivity contribution in [3.63, 3.8) is 0 Å². The van der Waals surface area contributed by atoms with Crippen LogP contribution in [0.25, 0.3) is 6.08 Å². The number of aldehydes is 1. The summed E-state index contributed by atoms with van der Waals surface area (Å²) < 4.78 is 32.7. The standard InChI is InChI=1S/C52H63N3O13/c1-2-27-65-52-47(54(23-29-63-30-26-58)48(60)22-17-36-15-18-39(19-16-36)55(61)62)34-45(53-68-49-14-5-8-28-64-49)43-32-38(11-3-6-24-56)42(13-4-7-25-57)50(51(43)52)44-33-41(20-21-46(44)67-52)66-40-12-9-10-37(31-40)35-59/h2,9-10,12,15-22,31-33,35,38,42,47,49-51,56-58H,1,3-8,11,13-14,23-30,34H2. The van der Waals surface area contributed by atoms with E-state index in [-0.39, 0.29) is 76.0 Å². The molecular weight excluding hydrogens is 875 g/mol. The summed E-state index contributed by atoms with van der Waals surface area (Å²) in [4.78, 5) is 45.5. The van der Waals surface area contributed by atoms with Crippen LogP contribution in [0.1, 0.15) is 91.6 Å². The highest BCUT2D eigenvalue weighted by Gasteiger charge is 2.65. The highest BCUT2D eigenvalue weighted by molar-refractivity contribution is 6.03. The molecule has 2 fully saturated rings. The summed E-state index contributed by atoms with van der Waals surface area (Å²) in [6.45, 7) is 4.63. The molecule has 2 aliphatic heterocycles. The Balaban J connectivity index is 1.43. The van der Waals surface area contributed by atoms with E-state index in [1.54, 1.807) is 59.5 Å². The number of hydrogen-bond acceptors (Lipinski definition) is 14.